The van der Waals surface area contributed by atoms with Crippen LogP contribution >= 0.6 is 11.6 Å². The smallest absolute Gasteiger partial charge is 0.147 e. The molecular formula is C17H20ClNO. The molecule has 0 aromatic heterocycles. The number of hydrogen-bond acceptors (Lipinski definition) is 2. The average molecular weight is 290 g/mol. The van der Waals surface area contributed by atoms with Crippen LogP contribution in [0, 0.1) is 0 Å². The number of benzene rings is 2. The van der Waals surface area contributed by atoms with E-state index in [2.05, 4.69) is 31.2 Å². The molecule has 0 unspecified atom stereocenters. The Kier molecular flexibility index (Phi) is 5.90. The topological polar surface area (TPSA) is 12.5 Å². The number of hydroxylamine groups is 2. The van der Waals surface area contributed by atoms with E-state index in [0.717, 1.165) is 18.7 Å². The first-order chi connectivity index (χ1) is 9.83. The van der Waals surface area contributed by atoms with Crippen molar-refractivity contribution in [3.8, 4) is 5.75 Å². The number of hydrogen-bond donors (Lipinski definition) is 0. The second-order valence-corrected chi connectivity index (χ2v) is 4.96. The predicted molar refractivity (Wildman–Crippen MR) is 84.0 cm³/mol. The maximum Gasteiger partial charge on any atom is 0.147 e. The Morgan fingerprint density at radius 1 is 0.950 bits per heavy atom. The van der Waals surface area contributed by atoms with Gasteiger partial charge in [-0.3, -0.25) is 0 Å². The number of para-hydroxylation sites is 1. The molecule has 2 aromatic carbocycles. The maximum absolute atomic E-state index is 5.91. The van der Waals surface area contributed by atoms with E-state index in [1.54, 1.807) is 0 Å². The molecule has 0 aliphatic rings. The summed E-state index contributed by atoms with van der Waals surface area (Å²) in [5.74, 6) is 1.38. The summed E-state index contributed by atoms with van der Waals surface area (Å²) in [4.78, 5) is 5.91. The highest BCUT2D eigenvalue weighted by Gasteiger charge is 2.10. The Morgan fingerprint density at radius 3 is 2.25 bits per heavy atom. The maximum atomic E-state index is 5.91. The molecule has 0 bridgehead atoms. The van der Waals surface area contributed by atoms with Crippen LogP contribution in [0.1, 0.15) is 18.1 Å². The van der Waals surface area contributed by atoms with Crippen LogP contribution in [0.3, 0.4) is 0 Å². The lowest BCUT2D eigenvalue weighted by atomic mass is 10.1. The van der Waals surface area contributed by atoms with Crippen molar-refractivity contribution in [3.05, 3.63) is 65.7 Å². The monoisotopic (exact) mass is 289 g/mol. The van der Waals surface area contributed by atoms with E-state index in [4.69, 9.17) is 16.4 Å². The summed E-state index contributed by atoms with van der Waals surface area (Å²) in [7, 11) is 0. The van der Waals surface area contributed by atoms with Gasteiger partial charge in [0.05, 0.1) is 6.54 Å². The van der Waals surface area contributed by atoms with Crippen molar-refractivity contribution in [3.63, 3.8) is 0 Å². The summed E-state index contributed by atoms with van der Waals surface area (Å²) < 4.78 is 0. The van der Waals surface area contributed by atoms with Crippen molar-refractivity contribution in [2.24, 2.45) is 0 Å². The Labute approximate surface area is 125 Å². The highest BCUT2D eigenvalue weighted by atomic mass is 35.5. The molecule has 0 saturated carbocycles. The fraction of sp³-hybridized carbons (Fsp3) is 0.294. The second-order valence-electron chi connectivity index (χ2n) is 4.58. The van der Waals surface area contributed by atoms with E-state index < -0.39 is 0 Å². The first kappa shape index (κ1) is 14.9. The van der Waals surface area contributed by atoms with E-state index in [1.165, 1.54) is 11.1 Å². The summed E-state index contributed by atoms with van der Waals surface area (Å²) in [6.07, 6.45) is 1.02. The molecular weight excluding hydrogens is 270 g/mol. The summed E-state index contributed by atoms with van der Waals surface area (Å²) in [5, 5.41) is 1.91. The molecule has 0 aliphatic carbocycles. The first-order valence-corrected chi connectivity index (χ1v) is 7.47. The van der Waals surface area contributed by atoms with Gasteiger partial charge in [-0.1, -0.05) is 49.4 Å². The van der Waals surface area contributed by atoms with Gasteiger partial charge in [0.25, 0.3) is 0 Å². The molecule has 0 aliphatic heterocycles. The largest absolute Gasteiger partial charge is 0.406 e. The molecule has 0 saturated heterocycles. The fourth-order valence-corrected chi connectivity index (χ4v) is 2.32. The molecule has 2 nitrogen and oxygen atoms in total. The molecule has 0 radical (unpaired) electrons. The molecule has 0 atom stereocenters. The molecule has 3 heteroatoms. The SMILES string of the molecule is CCc1ccccc1CN(CCCl)Oc1ccccc1. The molecule has 0 amide bonds. The highest BCUT2D eigenvalue weighted by molar-refractivity contribution is 6.18. The average Bonchev–Trinajstić information content (AvgIpc) is 2.49. The minimum Gasteiger partial charge on any atom is -0.406 e. The zero-order valence-corrected chi connectivity index (χ0v) is 12.5. The third-order valence-corrected chi connectivity index (χ3v) is 3.33. The Morgan fingerprint density at radius 2 is 1.60 bits per heavy atom. The van der Waals surface area contributed by atoms with Crippen LogP contribution < -0.4 is 4.84 Å². The van der Waals surface area contributed by atoms with E-state index in [0.29, 0.717) is 12.4 Å². The van der Waals surface area contributed by atoms with Crippen molar-refractivity contribution in [1.82, 2.24) is 5.06 Å². The Balaban J connectivity index is 2.09. The molecule has 0 N–H and O–H groups in total. The van der Waals surface area contributed by atoms with Crippen molar-refractivity contribution in [2.75, 3.05) is 12.4 Å². The number of nitrogens with zero attached hydrogens (tertiary/aromatic N) is 1. The van der Waals surface area contributed by atoms with Gasteiger partial charge in [-0.15, -0.1) is 16.7 Å². The molecule has 2 rings (SSSR count). The van der Waals surface area contributed by atoms with Crippen molar-refractivity contribution in [1.29, 1.82) is 0 Å². The van der Waals surface area contributed by atoms with Gasteiger partial charge in [-0.2, -0.15) is 0 Å². The lowest BCUT2D eigenvalue weighted by molar-refractivity contribution is -0.0616. The van der Waals surface area contributed by atoms with Gasteiger partial charge in [-0.25, -0.2) is 0 Å². The Bertz CT molecular complexity index is 515. The van der Waals surface area contributed by atoms with Crippen molar-refractivity contribution < 1.29 is 4.84 Å². The van der Waals surface area contributed by atoms with Crippen LogP contribution in [0.2, 0.25) is 0 Å². The minimum absolute atomic E-state index is 0.543. The molecule has 0 spiro atoms. The van der Waals surface area contributed by atoms with Crippen LogP contribution in [0.15, 0.2) is 54.6 Å². The third-order valence-electron chi connectivity index (χ3n) is 3.16. The standard InChI is InChI=1S/C17H20ClNO/c1-2-15-8-6-7-9-16(15)14-19(13-12-18)20-17-10-4-3-5-11-17/h3-11H,2,12-14H2,1H3. The van der Waals surface area contributed by atoms with Gasteiger partial charge in [0.1, 0.15) is 5.75 Å². The van der Waals surface area contributed by atoms with E-state index in [1.807, 2.05) is 35.4 Å². The van der Waals surface area contributed by atoms with Gasteiger partial charge in [-0.05, 0) is 29.7 Å². The van der Waals surface area contributed by atoms with Gasteiger partial charge < -0.3 is 4.84 Å². The lowest BCUT2D eigenvalue weighted by Gasteiger charge is -2.22. The quantitative estimate of drug-likeness (QED) is 0.557. The number of aryl methyl sites for hydroxylation is 1. The number of alkyl halides is 1. The summed E-state index contributed by atoms with van der Waals surface area (Å²) >= 11 is 5.88. The van der Waals surface area contributed by atoms with Gasteiger partial charge in [0, 0.05) is 12.4 Å². The fourth-order valence-electron chi connectivity index (χ4n) is 2.13. The third kappa shape index (κ3) is 4.26. The van der Waals surface area contributed by atoms with Crippen LogP contribution in [-0.2, 0) is 13.0 Å². The molecule has 0 heterocycles. The number of rotatable bonds is 7. The van der Waals surface area contributed by atoms with E-state index in [9.17, 15) is 0 Å². The zero-order valence-electron chi connectivity index (χ0n) is 11.8. The number of halogens is 1. The molecule has 106 valence electrons. The molecule has 2 aromatic rings. The normalized spacial score (nSPS) is 10.8. The summed E-state index contributed by atoms with van der Waals surface area (Å²) in [6.45, 7) is 3.60. The predicted octanol–water partition coefficient (Wildman–Crippen LogP) is 4.28. The van der Waals surface area contributed by atoms with E-state index >= 15 is 0 Å². The lowest BCUT2D eigenvalue weighted by Crippen LogP contribution is -2.29. The van der Waals surface area contributed by atoms with Crippen LogP contribution in [0.5, 0.6) is 5.75 Å². The van der Waals surface area contributed by atoms with Crippen molar-refractivity contribution >= 4 is 11.6 Å². The van der Waals surface area contributed by atoms with Crippen LogP contribution in [0.25, 0.3) is 0 Å². The molecule has 20 heavy (non-hydrogen) atoms. The van der Waals surface area contributed by atoms with Gasteiger partial charge >= 0.3 is 0 Å². The van der Waals surface area contributed by atoms with Gasteiger partial charge in [0.2, 0.25) is 0 Å². The van der Waals surface area contributed by atoms with Gasteiger partial charge in [0.15, 0.2) is 0 Å². The van der Waals surface area contributed by atoms with Crippen LogP contribution in [0.4, 0.5) is 0 Å². The van der Waals surface area contributed by atoms with E-state index in [-0.39, 0.29) is 0 Å². The summed E-state index contributed by atoms with van der Waals surface area (Å²) in [6, 6.07) is 18.3. The minimum atomic E-state index is 0.543. The van der Waals surface area contributed by atoms with Crippen molar-refractivity contribution in [2.45, 2.75) is 19.9 Å². The Hall–Kier alpha value is -1.51. The zero-order chi connectivity index (χ0) is 14.2. The highest BCUT2D eigenvalue weighted by Crippen LogP contribution is 2.16. The molecule has 0 fully saturated rings. The van der Waals surface area contributed by atoms with Crippen LogP contribution in [-0.4, -0.2) is 17.5 Å². The second kappa shape index (κ2) is 7.93. The summed E-state index contributed by atoms with van der Waals surface area (Å²) in [5.41, 5.74) is 2.64. The first-order valence-electron chi connectivity index (χ1n) is 6.94.